The van der Waals surface area contributed by atoms with E-state index in [1.54, 1.807) is 36.4 Å². The van der Waals surface area contributed by atoms with E-state index >= 15 is 0 Å². The molecule has 1 aliphatic rings. The fourth-order valence-corrected chi connectivity index (χ4v) is 2.85. The van der Waals surface area contributed by atoms with Crippen molar-refractivity contribution < 1.29 is 13.9 Å². The van der Waals surface area contributed by atoms with Crippen LogP contribution in [0.25, 0.3) is 17.4 Å². The van der Waals surface area contributed by atoms with Crippen LogP contribution >= 0.6 is 27.5 Å². The molecule has 3 aromatic rings. The van der Waals surface area contributed by atoms with Crippen LogP contribution in [-0.2, 0) is 9.53 Å². The molecular formula is C20H11BrClNO3. The second-order valence-corrected chi connectivity index (χ2v) is 6.90. The molecule has 0 unspecified atom stereocenters. The molecule has 0 radical (unpaired) electrons. The van der Waals surface area contributed by atoms with Gasteiger partial charge in [-0.05, 0) is 48.5 Å². The lowest BCUT2D eigenvalue weighted by Crippen LogP contribution is -2.05. The number of ether oxygens (including phenoxy) is 1. The zero-order chi connectivity index (χ0) is 18.1. The Hall–Kier alpha value is -2.63. The third-order valence-electron chi connectivity index (χ3n) is 3.75. The molecule has 0 saturated heterocycles. The summed E-state index contributed by atoms with van der Waals surface area (Å²) < 4.78 is 12.0. The van der Waals surface area contributed by atoms with E-state index in [4.69, 9.17) is 20.8 Å². The van der Waals surface area contributed by atoms with Crippen LogP contribution in [0.2, 0.25) is 5.02 Å². The number of carbonyl (C=O) groups is 1. The van der Waals surface area contributed by atoms with Crippen molar-refractivity contribution >= 4 is 45.5 Å². The smallest absolute Gasteiger partial charge is 0.363 e. The highest BCUT2D eigenvalue weighted by atomic mass is 79.9. The lowest BCUT2D eigenvalue weighted by molar-refractivity contribution is -0.129. The van der Waals surface area contributed by atoms with E-state index in [1.165, 1.54) is 0 Å². The number of esters is 1. The maximum atomic E-state index is 12.1. The first-order valence-corrected chi connectivity index (χ1v) is 8.90. The highest BCUT2D eigenvalue weighted by Gasteiger charge is 2.24. The molecule has 128 valence electrons. The highest BCUT2D eigenvalue weighted by Crippen LogP contribution is 2.26. The Labute approximate surface area is 162 Å². The molecule has 2 heterocycles. The van der Waals surface area contributed by atoms with E-state index in [2.05, 4.69) is 20.9 Å². The number of cyclic esters (lactones) is 1. The highest BCUT2D eigenvalue weighted by molar-refractivity contribution is 9.10. The first-order valence-electron chi connectivity index (χ1n) is 7.73. The number of carbonyl (C=O) groups excluding carboxylic acids is 1. The van der Waals surface area contributed by atoms with Gasteiger partial charge in [0, 0.05) is 26.7 Å². The Morgan fingerprint density at radius 2 is 1.62 bits per heavy atom. The van der Waals surface area contributed by atoms with Crippen LogP contribution in [0.3, 0.4) is 0 Å². The Morgan fingerprint density at radius 1 is 0.923 bits per heavy atom. The monoisotopic (exact) mass is 427 g/mol. The van der Waals surface area contributed by atoms with Crippen molar-refractivity contribution in [3.63, 3.8) is 0 Å². The molecule has 26 heavy (non-hydrogen) atoms. The zero-order valence-corrected chi connectivity index (χ0v) is 15.6. The summed E-state index contributed by atoms with van der Waals surface area (Å²) in [5.41, 5.74) is 1.81. The van der Waals surface area contributed by atoms with Gasteiger partial charge in [0.25, 0.3) is 0 Å². The SMILES string of the molecule is O=C1OC(c2ccc(Cl)cc2)=N/C1=C/c1ccc(-c2ccc(Br)cc2)o1. The summed E-state index contributed by atoms with van der Waals surface area (Å²) in [6.45, 7) is 0. The normalized spacial score (nSPS) is 15.2. The Morgan fingerprint density at radius 3 is 2.35 bits per heavy atom. The minimum atomic E-state index is -0.517. The van der Waals surface area contributed by atoms with Gasteiger partial charge in [-0.2, -0.15) is 0 Å². The van der Waals surface area contributed by atoms with Gasteiger partial charge in [-0.25, -0.2) is 9.79 Å². The van der Waals surface area contributed by atoms with Crippen molar-refractivity contribution in [2.75, 3.05) is 0 Å². The van der Waals surface area contributed by atoms with Crippen LogP contribution in [0.5, 0.6) is 0 Å². The van der Waals surface area contributed by atoms with Crippen molar-refractivity contribution in [2.45, 2.75) is 0 Å². The largest absolute Gasteiger partial charge is 0.457 e. The minimum absolute atomic E-state index is 0.187. The number of benzene rings is 2. The summed E-state index contributed by atoms with van der Waals surface area (Å²) in [5, 5.41) is 0.602. The average molecular weight is 429 g/mol. The van der Waals surface area contributed by atoms with Gasteiger partial charge in [0.05, 0.1) is 0 Å². The van der Waals surface area contributed by atoms with Crippen LogP contribution in [0.1, 0.15) is 11.3 Å². The maximum absolute atomic E-state index is 12.1. The number of hydrogen-bond acceptors (Lipinski definition) is 4. The summed E-state index contributed by atoms with van der Waals surface area (Å²) in [7, 11) is 0. The van der Waals surface area contributed by atoms with Crippen LogP contribution in [0.4, 0.5) is 0 Å². The van der Waals surface area contributed by atoms with E-state index in [9.17, 15) is 4.79 Å². The van der Waals surface area contributed by atoms with E-state index in [0.29, 0.717) is 22.1 Å². The third-order valence-corrected chi connectivity index (χ3v) is 4.53. The molecule has 0 fully saturated rings. The summed E-state index contributed by atoms with van der Waals surface area (Å²) in [4.78, 5) is 16.3. The molecule has 0 atom stereocenters. The molecule has 6 heteroatoms. The number of aliphatic imine (C=N–C) groups is 1. The van der Waals surface area contributed by atoms with Crippen molar-refractivity contribution in [2.24, 2.45) is 4.99 Å². The minimum Gasteiger partial charge on any atom is -0.457 e. The average Bonchev–Trinajstić information content (AvgIpc) is 3.24. The van der Waals surface area contributed by atoms with Crippen LogP contribution in [-0.4, -0.2) is 11.9 Å². The van der Waals surface area contributed by atoms with Gasteiger partial charge < -0.3 is 9.15 Å². The summed E-state index contributed by atoms with van der Waals surface area (Å²) in [6.07, 6.45) is 1.56. The molecule has 0 spiro atoms. The Balaban J connectivity index is 1.61. The predicted octanol–water partition coefficient (Wildman–Crippen LogP) is 5.71. The molecular weight excluding hydrogens is 418 g/mol. The van der Waals surface area contributed by atoms with Gasteiger partial charge in [-0.1, -0.05) is 39.7 Å². The van der Waals surface area contributed by atoms with Crippen molar-refractivity contribution in [1.82, 2.24) is 0 Å². The van der Waals surface area contributed by atoms with Crippen LogP contribution < -0.4 is 0 Å². The fourth-order valence-electron chi connectivity index (χ4n) is 2.46. The molecule has 0 amide bonds. The molecule has 0 bridgehead atoms. The Kier molecular flexibility index (Phi) is 4.49. The summed E-state index contributed by atoms with van der Waals surface area (Å²) in [5.74, 6) is 0.961. The van der Waals surface area contributed by atoms with Crippen molar-refractivity contribution in [3.8, 4) is 11.3 Å². The topological polar surface area (TPSA) is 51.8 Å². The van der Waals surface area contributed by atoms with Gasteiger partial charge >= 0.3 is 5.97 Å². The molecule has 0 aliphatic carbocycles. The first kappa shape index (κ1) is 16.8. The summed E-state index contributed by atoms with van der Waals surface area (Å²) in [6, 6.07) is 18.3. The summed E-state index contributed by atoms with van der Waals surface area (Å²) >= 11 is 9.27. The predicted molar refractivity (Wildman–Crippen MR) is 104 cm³/mol. The van der Waals surface area contributed by atoms with Gasteiger partial charge in [0.1, 0.15) is 11.5 Å². The zero-order valence-electron chi connectivity index (χ0n) is 13.3. The first-order chi connectivity index (χ1) is 12.6. The number of hydrogen-bond donors (Lipinski definition) is 0. The van der Waals surface area contributed by atoms with Crippen LogP contribution in [0, 0.1) is 0 Å². The van der Waals surface area contributed by atoms with Gasteiger partial charge in [0.2, 0.25) is 5.90 Å². The van der Waals surface area contributed by atoms with Crippen molar-refractivity contribution in [3.05, 3.63) is 87.2 Å². The van der Waals surface area contributed by atoms with E-state index in [-0.39, 0.29) is 11.6 Å². The second kappa shape index (κ2) is 6.94. The molecule has 1 aliphatic heterocycles. The molecule has 4 nitrogen and oxygen atoms in total. The number of halogens is 2. The number of furan rings is 1. The van der Waals surface area contributed by atoms with E-state index in [0.717, 1.165) is 10.0 Å². The third kappa shape index (κ3) is 3.49. The standard InChI is InChI=1S/C20H11BrClNO3/c21-14-5-1-12(2-6-14)18-10-9-16(25-18)11-17-20(24)26-19(23-17)13-3-7-15(22)8-4-13/h1-11H/b17-11+. The lowest BCUT2D eigenvalue weighted by Gasteiger charge is -1.98. The Bertz CT molecular complexity index is 1030. The van der Waals surface area contributed by atoms with Gasteiger partial charge in [0.15, 0.2) is 5.70 Å². The lowest BCUT2D eigenvalue weighted by atomic mass is 10.2. The molecule has 2 aromatic carbocycles. The molecule has 0 N–H and O–H groups in total. The quantitative estimate of drug-likeness (QED) is 0.397. The van der Waals surface area contributed by atoms with Gasteiger partial charge in [-0.15, -0.1) is 0 Å². The molecule has 0 saturated carbocycles. The van der Waals surface area contributed by atoms with E-state index in [1.807, 2.05) is 30.3 Å². The van der Waals surface area contributed by atoms with Crippen molar-refractivity contribution in [1.29, 1.82) is 0 Å². The number of rotatable bonds is 3. The van der Waals surface area contributed by atoms with E-state index < -0.39 is 5.97 Å². The second-order valence-electron chi connectivity index (χ2n) is 5.55. The maximum Gasteiger partial charge on any atom is 0.363 e. The molecule has 1 aromatic heterocycles. The number of nitrogens with zero attached hydrogens (tertiary/aromatic N) is 1. The van der Waals surface area contributed by atoms with Crippen LogP contribution in [0.15, 0.2) is 80.2 Å². The molecule has 4 rings (SSSR count). The fraction of sp³-hybridized carbons (Fsp3) is 0. The van der Waals surface area contributed by atoms with Gasteiger partial charge in [-0.3, -0.25) is 0 Å².